The first-order chi connectivity index (χ1) is 9.31. The summed E-state index contributed by atoms with van der Waals surface area (Å²) in [4.78, 5) is 16.8. The number of ether oxygens (including phenoxy) is 1. The first-order valence-electron chi connectivity index (χ1n) is 6.05. The number of aromatic nitrogens is 4. The highest BCUT2D eigenvalue weighted by Crippen LogP contribution is 2.12. The number of rotatable bonds is 7. The fourth-order valence-corrected chi connectivity index (χ4v) is 1.92. The van der Waals surface area contributed by atoms with E-state index in [1.165, 1.54) is 0 Å². The van der Waals surface area contributed by atoms with Crippen LogP contribution in [0.25, 0.3) is 0 Å². The molecule has 2 aromatic heterocycles. The lowest BCUT2D eigenvalue weighted by molar-refractivity contribution is 0.312. The highest BCUT2D eigenvalue weighted by molar-refractivity contribution is 7.07. The molecular weight excluding hydrogens is 264 g/mol. The summed E-state index contributed by atoms with van der Waals surface area (Å²) in [7, 11) is 0. The van der Waals surface area contributed by atoms with Gasteiger partial charge in [0, 0.05) is 11.9 Å². The Balaban J connectivity index is 2.08. The number of thiazole rings is 1. The first-order valence-corrected chi connectivity index (χ1v) is 6.99. The van der Waals surface area contributed by atoms with Gasteiger partial charge in [-0.1, -0.05) is 0 Å². The Morgan fingerprint density at radius 1 is 1.16 bits per heavy atom. The topological polar surface area (TPSA) is 84.9 Å². The van der Waals surface area contributed by atoms with Crippen LogP contribution in [0.1, 0.15) is 19.5 Å². The van der Waals surface area contributed by atoms with E-state index in [1.807, 2.05) is 19.2 Å². The van der Waals surface area contributed by atoms with Crippen molar-refractivity contribution in [3.8, 4) is 6.01 Å². The third-order valence-electron chi connectivity index (χ3n) is 2.13. The predicted octanol–water partition coefficient (Wildman–Crippen LogP) is 1.77. The van der Waals surface area contributed by atoms with E-state index in [2.05, 4.69) is 30.6 Å². The largest absolute Gasteiger partial charge is 0.464 e. The summed E-state index contributed by atoms with van der Waals surface area (Å²) in [5, 5.41) is 8.13. The number of hydrogen-bond acceptors (Lipinski definition) is 8. The van der Waals surface area contributed by atoms with Gasteiger partial charge >= 0.3 is 6.01 Å². The van der Waals surface area contributed by atoms with Gasteiger partial charge in [-0.25, -0.2) is 4.98 Å². The molecule has 2 N–H and O–H groups in total. The van der Waals surface area contributed by atoms with Crippen molar-refractivity contribution in [2.75, 3.05) is 23.8 Å². The van der Waals surface area contributed by atoms with E-state index in [9.17, 15) is 0 Å². The van der Waals surface area contributed by atoms with Crippen LogP contribution in [0.4, 0.5) is 11.9 Å². The maximum atomic E-state index is 5.31. The number of nitrogens with one attached hydrogen (secondary N) is 2. The van der Waals surface area contributed by atoms with Gasteiger partial charge in [-0.2, -0.15) is 15.0 Å². The van der Waals surface area contributed by atoms with Crippen molar-refractivity contribution >= 4 is 23.2 Å². The van der Waals surface area contributed by atoms with Gasteiger partial charge in [-0.05, 0) is 13.8 Å². The Bertz CT molecular complexity index is 480. The lowest BCUT2D eigenvalue weighted by atomic mass is 10.5. The molecule has 2 rings (SSSR count). The zero-order valence-electron chi connectivity index (χ0n) is 10.9. The van der Waals surface area contributed by atoms with Crippen LogP contribution >= 0.6 is 11.3 Å². The van der Waals surface area contributed by atoms with Gasteiger partial charge in [-0.15, -0.1) is 11.3 Å². The average molecular weight is 280 g/mol. The SMILES string of the molecule is CCNc1nc(NCc2cscn2)nc(OCC)n1. The molecule has 0 radical (unpaired) electrons. The van der Waals surface area contributed by atoms with Crippen LogP contribution in [0, 0.1) is 0 Å². The average Bonchev–Trinajstić information content (AvgIpc) is 2.90. The van der Waals surface area contributed by atoms with Crippen molar-refractivity contribution in [3.63, 3.8) is 0 Å². The quantitative estimate of drug-likeness (QED) is 0.799. The van der Waals surface area contributed by atoms with Gasteiger partial charge in [0.2, 0.25) is 11.9 Å². The summed E-state index contributed by atoms with van der Waals surface area (Å²) < 4.78 is 5.31. The fraction of sp³-hybridized carbons (Fsp3) is 0.455. The van der Waals surface area contributed by atoms with Crippen LogP contribution < -0.4 is 15.4 Å². The predicted molar refractivity (Wildman–Crippen MR) is 74.6 cm³/mol. The Labute approximate surface area is 115 Å². The minimum atomic E-state index is 0.314. The van der Waals surface area contributed by atoms with Crippen LogP contribution in [-0.2, 0) is 6.54 Å². The highest BCUT2D eigenvalue weighted by atomic mass is 32.1. The van der Waals surface area contributed by atoms with Crippen LogP contribution in [0.2, 0.25) is 0 Å². The van der Waals surface area contributed by atoms with Crippen molar-refractivity contribution in [3.05, 3.63) is 16.6 Å². The standard InChI is InChI=1S/C11H16N6OS/c1-3-12-9-15-10(17-11(16-9)18-4-2)13-5-8-6-19-7-14-8/h6-7H,3-5H2,1-2H3,(H2,12,13,15,16,17). The van der Waals surface area contributed by atoms with Crippen molar-refractivity contribution in [1.29, 1.82) is 0 Å². The van der Waals surface area contributed by atoms with Gasteiger partial charge in [-0.3, -0.25) is 0 Å². The second kappa shape index (κ2) is 6.83. The molecule has 0 bridgehead atoms. The maximum absolute atomic E-state index is 5.31. The summed E-state index contributed by atoms with van der Waals surface area (Å²) in [6, 6.07) is 0.314. The highest BCUT2D eigenvalue weighted by Gasteiger charge is 2.06. The molecule has 0 amide bonds. The molecule has 2 heterocycles. The molecule has 0 aliphatic rings. The number of anilines is 2. The lowest BCUT2D eigenvalue weighted by Gasteiger charge is -2.08. The second-order valence-corrected chi connectivity index (χ2v) is 4.28. The Morgan fingerprint density at radius 3 is 2.58 bits per heavy atom. The second-order valence-electron chi connectivity index (χ2n) is 3.56. The summed E-state index contributed by atoms with van der Waals surface area (Å²) in [6.07, 6.45) is 0. The van der Waals surface area contributed by atoms with Crippen molar-refractivity contribution in [2.24, 2.45) is 0 Å². The van der Waals surface area contributed by atoms with E-state index >= 15 is 0 Å². The van der Waals surface area contributed by atoms with E-state index in [4.69, 9.17) is 4.74 Å². The minimum absolute atomic E-state index is 0.314. The van der Waals surface area contributed by atoms with Crippen molar-refractivity contribution < 1.29 is 4.74 Å². The summed E-state index contributed by atoms with van der Waals surface area (Å²) in [5.41, 5.74) is 2.74. The van der Waals surface area contributed by atoms with Crippen LogP contribution in [0.3, 0.4) is 0 Å². The third kappa shape index (κ3) is 4.02. The smallest absolute Gasteiger partial charge is 0.323 e. The molecule has 102 valence electrons. The zero-order chi connectivity index (χ0) is 13.5. The zero-order valence-corrected chi connectivity index (χ0v) is 11.7. The maximum Gasteiger partial charge on any atom is 0.323 e. The van der Waals surface area contributed by atoms with Gasteiger partial charge < -0.3 is 15.4 Å². The summed E-state index contributed by atoms with van der Waals surface area (Å²) in [5.74, 6) is 0.976. The van der Waals surface area contributed by atoms with Crippen LogP contribution in [-0.4, -0.2) is 33.1 Å². The Hall–Kier alpha value is -1.96. The monoisotopic (exact) mass is 280 g/mol. The molecule has 0 fully saturated rings. The fourth-order valence-electron chi connectivity index (χ4n) is 1.36. The van der Waals surface area contributed by atoms with Gasteiger partial charge in [0.25, 0.3) is 0 Å². The summed E-state index contributed by atoms with van der Waals surface area (Å²) >= 11 is 1.56. The van der Waals surface area contributed by atoms with E-state index in [0.29, 0.717) is 31.1 Å². The molecule has 0 atom stereocenters. The van der Waals surface area contributed by atoms with Gasteiger partial charge in [0.1, 0.15) is 0 Å². The molecule has 0 saturated carbocycles. The molecule has 0 saturated heterocycles. The van der Waals surface area contributed by atoms with E-state index in [1.54, 1.807) is 16.8 Å². The number of hydrogen-bond donors (Lipinski definition) is 2. The molecule has 19 heavy (non-hydrogen) atoms. The molecular formula is C11H16N6OS. The summed E-state index contributed by atoms with van der Waals surface area (Å²) in [6.45, 7) is 5.69. The molecule has 0 unspecified atom stereocenters. The molecule has 2 aromatic rings. The normalized spacial score (nSPS) is 10.2. The van der Waals surface area contributed by atoms with Crippen LogP contribution in [0.15, 0.2) is 10.9 Å². The third-order valence-corrected chi connectivity index (χ3v) is 2.77. The molecule has 0 aromatic carbocycles. The van der Waals surface area contributed by atoms with E-state index < -0.39 is 0 Å². The minimum Gasteiger partial charge on any atom is -0.464 e. The van der Waals surface area contributed by atoms with Crippen molar-refractivity contribution in [1.82, 2.24) is 19.9 Å². The molecule has 0 aliphatic carbocycles. The Kier molecular flexibility index (Phi) is 4.85. The molecule has 7 nitrogen and oxygen atoms in total. The molecule has 0 spiro atoms. The first kappa shape index (κ1) is 13.5. The van der Waals surface area contributed by atoms with E-state index in [-0.39, 0.29) is 0 Å². The molecule has 8 heteroatoms. The van der Waals surface area contributed by atoms with Gasteiger partial charge in [0.05, 0.1) is 24.4 Å². The van der Waals surface area contributed by atoms with E-state index in [0.717, 1.165) is 12.2 Å². The molecule has 0 aliphatic heterocycles. The lowest BCUT2D eigenvalue weighted by Crippen LogP contribution is -2.10. The Morgan fingerprint density at radius 2 is 1.95 bits per heavy atom. The van der Waals surface area contributed by atoms with Gasteiger partial charge in [0.15, 0.2) is 0 Å². The number of nitrogens with zero attached hydrogens (tertiary/aromatic N) is 4. The van der Waals surface area contributed by atoms with Crippen LogP contribution in [0.5, 0.6) is 6.01 Å². The van der Waals surface area contributed by atoms with Crippen molar-refractivity contribution in [2.45, 2.75) is 20.4 Å².